The fourth-order valence-electron chi connectivity index (χ4n) is 2.12. The average molecular weight is 206 g/mol. The van der Waals surface area contributed by atoms with Crippen LogP contribution < -0.4 is 10.2 Å². The van der Waals surface area contributed by atoms with Crippen molar-refractivity contribution in [1.82, 2.24) is 15.3 Å². The normalized spacial score (nSPS) is 21.7. The zero-order valence-corrected chi connectivity index (χ0v) is 9.40. The van der Waals surface area contributed by atoms with E-state index in [2.05, 4.69) is 20.2 Å². The van der Waals surface area contributed by atoms with E-state index in [4.69, 9.17) is 0 Å². The Labute approximate surface area is 90.7 Å². The number of nitrogens with zero attached hydrogens (tertiary/aromatic N) is 3. The summed E-state index contributed by atoms with van der Waals surface area (Å²) in [6.07, 6.45) is 6.00. The molecule has 4 heteroatoms. The van der Waals surface area contributed by atoms with Crippen molar-refractivity contribution in [2.45, 2.75) is 25.8 Å². The summed E-state index contributed by atoms with van der Waals surface area (Å²) < 4.78 is 0. The monoisotopic (exact) mass is 206 g/mol. The van der Waals surface area contributed by atoms with Crippen LogP contribution in [0.25, 0.3) is 0 Å². The highest BCUT2D eigenvalue weighted by molar-refractivity contribution is 5.42. The molecule has 0 radical (unpaired) electrons. The second-order valence-corrected chi connectivity index (χ2v) is 4.04. The van der Waals surface area contributed by atoms with Crippen molar-refractivity contribution in [3.05, 3.63) is 18.1 Å². The second kappa shape index (κ2) is 4.57. The predicted molar refractivity (Wildman–Crippen MR) is 61.1 cm³/mol. The molecule has 15 heavy (non-hydrogen) atoms. The molecule has 0 amide bonds. The van der Waals surface area contributed by atoms with Gasteiger partial charge in [0.25, 0.3) is 0 Å². The first-order valence-corrected chi connectivity index (χ1v) is 5.51. The third kappa shape index (κ3) is 2.26. The van der Waals surface area contributed by atoms with Crippen molar-refractivity contribution in [2.75, 3.05) is 25.0 Å². The maximum Gasteiger partial charge on any atom is 0.150 e. The Bertz CT molecular complexity index is 326. The van der Waals surface area contributed by atoms with E-state index in [1.807, 2.05) is 14.0 Å². The molecule has 1 aliphatic rings. The van der Waals surface area contributed by atoms with Crippen molar-refractivity contribution in [2.24, 2.45) is 0 Å². The molecule has 1 aromatic rings. The van der Waals surface area contributed by atoms with Gasteiger partial charge in [-0.05, 0) is 26.8 Å². The minimum atomic E-state index is 0.583. The lowest BCUT2D eigenvalue weighted by molar-refractivity contribution is 0.447. The van der Waals surface area contributed by atoms with Gasteiger partial charge in [-0.15, -0.1) is 0 Å². The summed E-state index contributed by atoms with van der Waals surface area (Å²) in [5.74, 6) is 1.04. The van der Waals surface area contributed by atoms with E-state index in [-0.39, 0.29) is 0 Å². The van der Waals surface area contributed by atoms with Crippen LogP contribution in [0.3, 0.4) is 0 Å². The van der Waals surface area contributed by atoms with Crippen LogP contribution in [0, 0.1) is 6.92 Å². The Balaban J connectivity index is 2.13. The van der Waals surface area contributed by atoms with Gasteiger partial charge >= 0.3 is 0 Å². The Hall–Kier alpha value is -1.16. The van der Waals surface area contributed by atoms with Gasteiger partial charge in [-0.1, -0.05) is 0 Å². The van der Waals surface area contributed by atoms with Gasteiger partial charge in [0.1, 0.15) is 5.82 Å². The maximum absolute atomic E-state index is 4.41. The molecule has 82 valence electrons. The lowest BCUT2D eigenvalue weighted by Crippen LogP contribution is -2.45. The molecule has 2 rings (SSSR count). The third-order valence-electron chi connectivity index (χ3n) is 2.98. The number of aryl methyl sites for hydroxylation is 1. The van der Waals surface area contributed by atoms with E-state index >= 15 is 0 Å². The first kappa shape index (κ1) is 10.4. The molecule has 0 bridgehead atoms. The van der Waals surface area contributed by atoms with Crippen molar-refractivity contribution in [1.29, 1.82) is 0 Å². The summed E-state index contributed by atoms with van der Waals surface area (Å²) in [5, 5.41) is 3.33. The first-order valence-electron chi connectivity index (χ1n) is 5.51. The van der Waals surface area contributed by atoms with E-state index < -0.39 is 0 Å². The number of rotatable bonds is 2. The molecule has 1 atom stereocenters. The summed E-state index contributed by atoms with van der Waals surface area (Å²) in [5.41, 5.74) is 1.02. The molecule has 1 N–H and O–H groups in total. The average Bonchev–Trinajstić information content (AvgIpc) is 2.30. The molecule has 4 nitrogen and oxygen atoms in total. The van der Waals surface area contributed by atoms with Gasteiger partial charge in [-0.25, -0.2) is 4.98 Å². The fraction of sp³-hybridized carbons (Fsp3) is 0.636. The quantitative estimate of drug-likeness (QED) is 0.783. The van der Waals surface area contributed by atoms with Gasteiger partial charge in [0.15, 0.2) is 0 Å². The molecule has 1 fully saturated rings. The van der Waals surface area contributed by atoms with Crippen LogP contribution in [-0.2, 0) is 0 Å². The van der Waals surface area contributed by atoms with Crippen molar-refractivity contribution in [3.63, 3.8) is 0 Å². The number of hydrogen-bond donors (Lipinski definition) is 1. The molecule has 1 unspecified atom stereocenters. The van der Waals surface area contributed by atoms with Crippen molar-refractivity contribution >= 4 is 5.82 Å². The van der Waals surface area contributed by atoms with Gasteiger partial charge < -0.3 is 10.2 Å². The Morgan fingerprint density at radius 1 is 1.40 bits per heavy atom. The fourth-order valence-corrected chi connectivity index (χ4v) is 2.12. The maximum atomic E-state index is 4.41. The Morgan fingerprint density at radius 2 is 2.20 bits per heavy atom. The first-order chi connectivity index (χ1) is 7.31. The van der Waals surface area contributed by atoms with Crippen LogP contribution in [0.5, 0.6) is 0 Å². The smallest absolute Gasteiger partial charge is 0.150 e. The summed E-state index contributed by atoms with van der Waals surface area (Å²) in [4.78, 5) is 11.0. The lowest BCUT2D eigenvalue weighted by atomic mass is 10.1. The van der Waals surface area contributed by atoms with Gasteiger partial charge in [-0.3, -0.25) is 4.98 Å². The molecular weight excluding hydrogens is 188 g/mol. The van der Waals surface area contributed by atoms with Crippen molar-refractivity contribution < 1.29 is 0 Å². The zero-order valence-electron chi connectivity index (χ0n) is 9.40. The van der Waals surface area contributed by atoms with Gasteiger partial charge in [0, 0.05) is 31.5 Å². The van der Waals surface area contributed by atoms with E-state index in [0.717, 1.165) is 24.6 Å². The SMILES string of the molecule is CNC1CCCN(c2nccnc2C)C1. The van der Waals surface area contributed by atoms with Crippen LogP contribution >= 0.6 is 0 Å². The zero-order chi connectivity index (χ0) is 10.7. The molecule has 1 aliphatic heterocycles. The molecule has 1 saturated heterocycles. The molecule has 0 saturated carbocycles. The van der Waals surface area contributed by atoms with E-state index in [1.54, 1.807) is 12.4 Å². The highest BCUT2D eigenvalue weighted by atomic mass is 15.2. The minimum absolute atomic E-state index is 0.583. The number of anilines is 1. The van der Waals surface area contributed by atoms with E-state index in [1.165, 1.54) is 12.8 Å². The molecule has 1 aromatic heterocycles. The number of likely N-dealkylation sites (N-methyl/N-ethyl adjacent to an activating group) is 1. The standard InChI is InChI=1S/C11H18N4/c1-9-11(14-6-5-13-9)15-7-3-4-10(8-15)12-2/h5-6,10,12H,3-4,7-8H2,1-2H3. The molecule has 0 spiro atoms. The Kier molecular flexibility index (Phi) is 3.16. The summed E-state index contributed by atoms with van der Waals surface area (Å²) in [7, 11) is 2.03. The van der Waals surface area contributed by atoms with Crippen LogP contribution in [0.15, 0.2) is 12.4 Å². The number of nitrogens with one attached hydrogen (secondary N) is 1. The minimum Gasteiger partial charge on any atom is -0.354 e. The van der Waals surface area contributed by atoms with Gasteiger partial charge in [-0.2, -0.15) is 0 Å². The third-order valence-corrected chi connectivity index (χ3v) is 2.98. The van der Waals surface area contributed by atoms with Crippen LogP contribution in [0.2, 0.25) is 0 Å². The van der Waals surface area contributed by atoms with E-state index in [9.17, 15) is 0 Å². The summed E-state index contributed by atoms with van der Waals surface area (Å²) in [6.45, 7) is 4.15. The van der Waals surface area contributed by atoms with Crippen LogP contribution in [-0.4, -0.2) is 36.1 Å². The number of piperidine rings is 1. The van der Waals surface area contributed by atoms with Crippen LogP contribution in [0.1, 0.15) is 18.5 Å². The summed E-state index contributed by atoms with van der Waals surface area (Å²) in [6, 6.07) is 0.583. The predicted octanol–water partition coefficient (Wildman–Crippen LogP) is 0.973. The number of aromatic nitrogens is 2. The number of hydrogen-bond acceptors (Lipinski definition) is 4. The highest BCUT2D eigenvalue weighted by Crippen LogP contribution is 2.19. The summed E-state index contributed by atoms with van der Waals surface area (Å²) >= 11 is 0. The molecular formula is C11H18N4. The van der Waals surface area contributed by atoms with Gasteiger partial charge in [0.05, 0.1) is 5.69 Å². The lowest BCUT2D eigenvalue weighted by Gasteiger charge is -2.33. The molecule has 2 heterocycles. The van der Waals surface area contributed by atoms with Crippen LogP contribution in [0.4, 0.5) is 5.82 Å². The molecule has 0 aliphatic carbocycles. The molecule has 0 aromatic carbocycles. The van der Waals surface area contributed by atoms with Gasteiger partial charge in [0.2, 0.25) is 0 Å². The van der Waals surface area contributed by atoms with Crippen molar-refractivity contribution in [3.8, 4) is 0 Å². The second-order valence-electron chi connectivity index (χ2n) is 4.04. The Morgan fingerprint density at radius 3 is 2.93 bits per heavy atom. The highest BCUT2D eigenvalue weighted by Gasteiger charge is 2.20. The van der Waals surface area contributed by atoms with E-state index in [0.29, 0.717) is 6.04 Å². The topological polar surface area (TPSA) is 41.0 Å². The largest absolute Gasteiger partial charge is 0.354 e.